The highest BCUT2D eigenvalue weighted by Crippen LogP contribution is 2.38. The van der Waals surface area contributed by atoms with Crippen molar-refractivity contribution in [2.24, 2.45) is 11.3 Å². The van der Waals surface area contributed by atoms with Gasteiger partial charge in [0, 0.05) is 18.6 Å². The molecule has 1 saturated heterocycles. The Labute approximate surface area is 125 Å². The monoisotopic (exact) mass is 278 g/mol. The fourth-order valence-electron chi connectivity index (χ4n) is 4.92. The third-order valence-electron chi connectivity index (χ3n) is 6.29. The summed E-state index contributed by atoms with van der Waals surface area (Å²) in [5.41, 5.74) is 0.599. The summed E-state index contributed by atoms with van der Waals surface area (Å²) >= 11 is 0. The maximum Gasteiger partial charge on any atom is 0.0110 e. The first-order valence-corrected chi connectivity index (χ1v) is 9.24. The van der Waals surface area contributed by atoms with Crippen LogP contribution in [0.15, 0.2) is 0 Å². The van der Waals surface area contributed by atoms with Crippen LogP contribution in [-0.2, 0) is 0 Å². The third-order valence-corrected chi connectivity index (χ3v) is 6.29. The molecule has 0 radical (unpaired) electrons. The lowest BCUT2D eigenvalue weighted by molar-refractivity contribution is 0.166. The maximum atomic E-state index is 4.01. The van der Waals surface area contributed by atoms with Gasteiger partial charge >= 0.3 is 0 Å². The van der Waals surface area contributed by atoms with Crippen LogP contribution in [-0.4, -0.2) is 25.2 Å². The summed E-state index contributed by atoms with van der Waals surface area (Å²) in [5.74, 6) is 0.897. The Morgan fingerprint density at radius 2 is 1.70 bits per heavy atom. The second-order valence-corrected chi connectivity index (χ2v) is 8.01. The smallest absolute Gasteiger partial charge is 0.0110 e. The van der Waals surface area contributed by atoms with Gasteiger partial charge in [-0.15, -0.1) is 0 Å². The summed E-state index contributed by atoms with van der Waals surface area (Å²) in [7, 11) is 0. The van der Waals surface area contributed by atoms with Crippen LogP contribution in [0.25, 0.3) is 0 Å². The number of piperidine rings is 1. The highest BCUT2D eigenvalue weighted by molar-refractivity contribution is 4.92. The Morgan fingerprint density at radius 1 is 0.950 bits per heavy atom. The molecule has 0 aromatic carbocycles. The van der Waals surface area contributed by atoms with Crippen LogP contribution in [0.1, 0.15) is 77.6 Å². The summed E-state index contributed by atoms with van der Waals surface area (Å²) < 4.78 is 0. The standard InChI is InChI=1S/C18H34N2/c1-18(11-5-6-12-18)14-20-17-9-3-2-8-15(17)16-10-4-7-13-19-16/h15-17,19-20H,2-14H2,1H3. The molecule has 2 N–H and O–H groups in total. The summed E-state index contributed by atoms with van der Waals surface area (Å²) in [4.78, 5) is 0. The van der Waals surface area contributed by atoms with E-state index in [1.165, 1.54) is 83.7 Å². The van der Waals surface area contributed by atoms with Crippen LogP contribution in [0.3, 0.4) is 0 Å². The lowest BCUT2D eigenvalue weighted by atomic mass is 9.76. The second-order valence-electron chi connectivity index (χ2n) is 8.01. The van der Waals surface area contributed by atoms with Crippen LogP contribution in [0.4, 0.5) is 0 Å². The fraction of sp³-hybridized carbons (Fsp3) is 1.00. The Balaban J connectivity index is 1.54. The lowest BCUT2D eigenvalue weighted by Crippen LogP contribution is -2.52. The Kier molecular flexibility index (Phi) is 5.04. The van der Waals surface area contributed by atoms with E-state index in [1.54, 1.807) is 0 Å². The highest BCUT2D eigenvalue weighted by atomic mass is 15.0. The molecular formula is C18H34N2. The van der Waals surface area contributed by atoms with Gasteiger partial charge in [-0.3, -0.25) is 0 Å². The van der Waals surface area contributed by atoms with Crippen molar-refractivity contribution in [3.05, 3.63) is 0 Å². The van der Waals surface area contributed by atoms with E-state index in [4.69, 9.17) is 0 Å². The predicted octanol–water partition coefficient (Wildman–Crippen LogP) is 3.86. The molecule has 3 rings (SSSR count). The molecule has 0 aromatic heterocycles. The van der Waals surface area contributed by atoms with Gasteiger partial charge in [-0.25, -0.2) is 0 Å². The molecule has 1 aliphatic heterocycles. The second kappa shape index (κ2) is 6.79. The van der Waals surface area contributed by atoms with E-state index in [9.17, 15) is 0 Å². The number of hydrogen-bond donors (Lipinski definition) is 2. The first-order valence-electron chi connectivity index (χ1n) is 9.24. The van der Waals surface area contributed by atoms with Crippen LogP contribution in [0.2, 0.25) is 0 Å². The minimum Gasteiger partial charge on any atom is -0.314 e. The molecular weight excluding hydrogens is 244 g/mol. The van der Waals surface area contributed by atoms with E-state index in [2.05, 4.69) is 17.6 Å². The summed E-state index contributed by atoms with van der Waals surface area (Å²) in [5, 5.41) is 7.83. The average molecular weight is 278 g/mol. The first kappa shape index (κ1) is 14.8. The van der Waals surface area contributed by atoms with Crippen molar-refractivity contribution in [2.75, 3.05) is 13.1 Å². The molecule has 0 amide bonds. The van der Waals surface area contributed by atoms with Gasteiger partial charge in [-0.05, 0) is 56.4 Å². The molecule has 20 heavy (non-hydrogen) atoms. The van der Waals surface area contributed by atoms with E-state index in [-0.39, 0.29) is 0 Å². The van der Waals surface area contributed by atoms with Crippen LogP contribution >= 0.6 is 0 Å². The summed E-state index contributed by atoms with van der Waals surface area (Å²) in [6.07, 6.45) is 15.8. The minimum atomic E-state index is 0.599. The molecule has 2 heteroatoms. The maximum absolute atomic E-state index is 4.01. The molecule has 3 atom stereocenters. The van der Waals surface area contributed by atoms with Crippen LogP contribution in [0, 0.1) is 11.3 Å². The quantitative estimate of drug-likeness (QED) is 0.816. The molecule has 0 aromatic rings. The summed E-state index contributed by atoms with van der Waals surface area (Å²) in [6, 6.07) is 1.59. The largest absolute Gasteiger partial charge is 0.314 e. The molecule has 2 saturated carbocycles. The average Bonchev–Trinajstić information content (AvgIpc) is 2.94. The van der Waals surface area contributed by atoms with Gasteiger partial charge in [0.05, 0.1) is 0 Å². The van der Waals surface area contributed by atoms with Crippen molar-refractivity contribution >= 4 is 0 Å². The molecule has 2 nitrogen and oxygen atoms in total. The molecule has 0 spiro atoms. The minimum absolute atomic E-state index is 0.599. The predicted molar refractivity (Wildman–Crippen MR) is 86.0 cm³/mol. The molecule has 3 fully saturated rings. The molecule has 1 heterocycles. The van der Waals surface area contributed by atoms with E-state index in [0.29, 0.717) is 5.41 Å². The fourth-order valence-corrected chi connectivity index (χ4v) is 4.92. The van der Waals surface area contributed by atoms with Crippen molar-refractivity contribution in [3.63, 3.8) is 0 Å². The molecule has 3 aliphatic rings. The van der Waals surface area contributed by atoms with Gasteiger partial charge in [0.25, 0.3) is 0 Å². The molecule has 2 aliphatic carbocycles. The van der Waals surface area contributed by atoms with Crippen molar-refractivity contribution in [1.29, 1.82) is 0 Å². The van der Waals surface area contributed by atoms with Crippen LogP contribution < -0.4 is 10.6 Å². The normalized spacial score (nSPS) is 38.0. The van der Waals surface area contributed by atoms with Gasteiger partial charge in [-0.2, -0.15) is 0 Å². The number of rotatable bonds is 4. The zero-order valence-corrected chi connectivity index (χ0v) is 13.4. The number of hydrogen-bond acceptors (Lipinski definition) is 2. The lowest BCUT2D eigenvalue weighted by Gasteiger charge is -2.41. The van der Waals surface area contributed by atoms with Crippen molar-refractivity contribution in [1.82, 2.24) is 10.6 Å². The van der Waals surface area contributed by atoms with Crippen molar-refractivity contribution in [2.45, 2.75) is 89.6 Å². The Bertz CT molecular complexity index is 290. The van der Waals surface area contributed by atoms with Gasteiger partial charge in [0.15, 0.2) is 0 Å². The highest BCUT2D eigenvalue weighted by Gasteiger charge is 2.34. The third kappa shape index (κ3) is 3.57. The molecule has 116 valence electrons. The zero-order chi connectivity index (χ0) is 13.8. The van der Waals surface area contributed by atoms with E-state index < -0.39 is 0 Å². The van der Waals surface area contributed by atoms with E-state index in [0.717, 1.165) is 18.0 Å². The van der Waals surface area contributed by atoms with Crippen molar-refractivity contribution < 1.29 is 0 Å². The first-order chi connectivity index (χ1) is 9.77. The molecule has 3 unspecified atom stereocenters. The number of nitrogens with one attached hydrogen (secondary N) is 2. The van der Waals surface area contributed by atoms with Gasteiger partial charge in [0.1, 0.15) is 0 Å². The molecule has 0 bridgehead atoms. The Hall–Kier alpha value is -0.0800. The van der Waals surface area contributed by atoms with Gasteiger partial charge in [-0.1, -0.05) is 39.0 Å². The van der Waals surface area contributed by atoms with Gasteiger partial charge in [0.2, 0.25) is 0 Å². The van der Waals surface area contributed by atoms with Gasteiger partial charge < -0.3 is 10.6 Å². The van der Waals surface area contributed by atoms with Crippen LogP contribution in [0.5, 0.6) is 0 Å². The zero-order valence-electron chi connectivity index (χ0n) is 13.4. The van der Waals surface area contributed by atoms with E-state index in [1.807, 2.05) is 0 Å². The topological polar surface area (TPSA) is 24.1 Å². The Morgan fingerprint density at radius 3 is 2.45 bits per heavy atom. The van der Waals surface area contributed by atoms with E-state index >= 15 is 0 Å². The SMILES string of the molecule is CC1(CNC2CCCCC2C2CCCCN2)CCCC1. The van der Waals surface area contributed by atoms with Crippen molar-refractivity contribution in [3.8, 4) is 0 Å². The summed E-state index contributed by atoms with van der Waals surface area (Å²) in [6.45, 7) is 5.02.